The van der Waals surface area contributed by atoms with Crippen LogP contribution in [-0.4, -0.2) is 28.0 Å². The fourth-order valence-corrected chi connectivity index (χ4v) is 1.68. The Morgan fingerprint density at radius 3 is 2.79 bits per heavy atom. The van der Waals surface area contributed by atoms with Crippen LogP contribution in [0, 0.1) is 0 Å². The summed E-state index contributed by atoms with van der Waals surface area (Å²) < 4.78 is 6.63. The molecule has 0 spiro atoms. The number of hydrogen-bond acceptors (Lipinski definition) is 4. The minimum Gasteiger partial charge on any atom is -0.382 e. The van der Waals surface area contributed by atoms with Gasteiger partial charge in [-0.15, -0.1) is 0 Å². The van der Waals surface area contributed by atoms with E-state index in [0.717, 1.165) is 12.1 Å². The highest BCUT2D eigenvalue weighted by Gasteiger charge is 2.06. The van der Waals surface area contributed by atoms with Crippen molar-refractivity contribution in [2.75, 3.05) is 7.11 Å². The molecule has 0 aliphatic heterocycles. The first kappa shape index (κ1) is 13.4. The Hall–Kier alpha value is -2.01. The van der Waals surface area contributed by atoms with Crippen LogP contribution in [0.3, 0.4) is 0 Å². The zero-order valence-corrected chi connectivity index (χ0v) is 11.1. The molecule has 0 radical (unpaired) electrons. The van der Waals surface area contributed by atoms with Crippen LogP contribution in [0.5, 0.6) is 0 Å². The van der Waals surface area contributed by atoms with Crippen molar-refractivity contribution in [3.8, 4) is 11.4 Å². The summed E-state index contributed by atoms with van der Waals surface area (Å²) in [7, 11) is 1.66. The predicted octanol–water partition coefficient (Wildman–Crippen LogP) is 1.73. The van der Waals surface area contributed by atoms with Crippen LogP contribution in [-0.2, 0) is 11.3 Å². The standard InChI is InChI=1S/C14H17N3O2/c1-11(19-2)8-10-17-14(18)7-6-13(16-17)12-5-3-4-9-15-12/h3-7,9,11H,8,10H2,1-2H3/t11-/m0/s1. The molecule has 2 aromatic heterocycles. The first-order chi connectivity index (χ1) is 9.20. The summed E-state index contributed by atoms with van der Waals surface area (Å²) >= 11 is 0. The van der Waals surface area contributed by atoms with E-state index < -0.39 is 0 Å². The van der Waals surface area contributed by atoms with Crippen molar-refractivity contribution >= 4 is 0 Å². The van der Waals surface area contributed by atoms with E-state index in [0.29, 0.717) is 12.2 Å². The predicted molar refractivity (Wildman–Crippen MR) is 72.8 cm³/mol. The number of methoxy groups -OCH3 is 1. The SMILES string of the molecule is CO[C@@H](C)CCn1nc(-c2ccccn2)ccc1=O. The van der Waals surface area contributed by atoms with Crippen molar-refractivity contribution in [1.82, 2.24) is 14.8 Å². The Morgan fingerprint density at radius 2 is 2.11 bits per heavy atom. The molecule has 5 heteroatoms. The Labute approximate surface area is 111 Å². The molecule has 2 aromatic rings. The lowest BCUT2D eigenvalue weighted by atomic mass is 10.2. The van der Waals surface area contributed by atoms with Crippen LogP contribution in [0.4, 0.5) is 0 Å². The van der Waals surface area contributed by atoms with Crippen molar-refractivity contribution in [3.05, 3.63) is 46.9 Å². The highest BCUT2D eigenvalue weighted by atomic mass is 16.5. The maximum absolute atomic E-state index is 11.7. The lowest BCUT2D eigenvalue weighted by Crippen LogP contribution is -2.24. The first-order valence-corrected chi connectivity index (χ1v) is 6.23. The molecule has 5 nitrogen and oxygen atoms in total. The second kappa shape index (κ2) is 6.24. The molecule has 0 aromatic carbocycles. The molecule has 1 atom stereocenters. The maximum Gasteiger partial charge on any atom is 0.266 e. The average molecular weight is 259 g/mol. The summed E-state index contributed by atoms with van der Waals surface area (Å²) in [5.74, 6) is 0. The van der Waals surface area contributed by atoms with Gasteiger partial charge in [0.15, 0.2) is 0 Å². The van der Waals surface area contributed by atoms with Crippen molar-refractivity contribution in [1.29, 1.82) is 0 Å². The van der Waals surface area contributed by atoms with Crippen LogP contribution >= 0.6 is 0 Å². The molecule has 0 fully saturated rings. The van der Waals surface area contributed by atoms with Crippen LogP contribution in [0.15, 0.2) is 41.3 Å². The van der Waals surface area contributed by atoms with Crippen LogP contribution in [0.25, 0.3) is 11.4 Å². The van der Waals surface area contributed by atoms with Gasteiger partial charge >= 0.3 is 0 Å². The van der Waals surface area contributed by atoms with Gasteiger partial charge in [0.2, 0.25) is 0 Å². The molecule has 0 amide bonds. The normalized spacial score (nSPS) is 12.3. The Kier molecular flexibility index (Phi) is 4.41. The summed E-state index contributed by atoms with van der Waals surface area (Å²) in [4.78, 5) is 16.0. The maximum atomic E-state index is 11.7. The van der Waals surface area contributed by atoms with Gasteiger partial charge in [-0.2, -0.15) is 5.10 Å². The molecule has 0 saturated heterocycles. The third-order valence-electron chi connectivity index (χ3n) is 2.94. The van der Waals surface area contributed by atoms with Crippen molar-refractivity contribution in [2.24, 2.45) is 0 Å². The number of ether oxygens (including phenoxy) is 1. The summed E-state index contributed by atoms with van der Waals surface area (Å²) in [6.45, 7) is 2.50. The minimum absolute atomic E-state index is 0.104. The molecule has 0 saturated carbocycles. The molecule has 2 rings (SSSR count). The molecule has 2 heterocycles. The van der Waals surface area contributed by atoms with E-state index in [1.165, 1.54) is 10.7 Å². The molecule has 0 bridgehead atoms. The van der Waals surface area contributed by atoms with Crippen LogP contribution in [0.2, 0.25) is 0 Å². The Balaban J connectivity index is 2.23. The molecular weight excluding hydrogens is 242 g/mol. The lowest BCUT2D eigenvalue weighted by molar-refractivity contribution is 0.105. The van der Waals surface area contributed by atoms with E-state index in [9.17, 15) is 4.79 Å². The monoisotopic (exact) mass is 259 g/mol. The van der Waals surface area contributed by atoms with Gasteiger partial charge in [0.05, 0.1) is 11.8 Å². The fraction of sp³-hybridized carbons (Fsp3) is 0.357. The van der Waals surface area contributed by atoms with Gasteiger partial charge in [-0.25, -0.2) is 4.68 Å². The summed E-state index contributed by atoms with van der Waals surface area (Å²) in [6, 6.07) is 8.83. The molecule has 19 heavy (non-hydrogen) atoms. The topological polar surface area (TPSA) is 57.0 Å². The number of aryl methyl sites for hydroxylation is 1. The number of hydrogen-bond donors (Lipinski definition) is 0. The van der Waals surface area contributed by atoms with E-state index in [1.54, 1.807) is 19.4 Å². The van der Waals surface area contributed by atoms with E-state index in [4.69, 9.17) is 4.74 Å². The van der Waals surface area contributed by atoms with Crippen molar-refractivity contribution in [3.63, 3.8) is 0 Å². The second-order valence-corrected chi connectivity index (χ2v) is 4.33. The zero-order valence-electron chi connectivity index (χ0n) is 11.1. The number of rotatable bonds is 5. The molecule has 0 unspecified atom stereocenters. The first-order valence-electron chi connectivity index (χ1n) is 6.23. The third-order valence-corrected chi connectivity index (χ3v) is 2.94. The molecule has 0 N–H and O–H groups in total. The van der Waals surface area contributed by atoms with Gasteiger partial charge in [-0.1, -0.05) is 6.07 Å². The molecule has 0 aliphatic rings. The molecule has 0 aliphatic carbocycles. The van der Waals surface area contributed by atoms with E-state index >= 15 is 0 Å². The van der Waals surface area contributed by atoms with Gasteiger partial charge in [-0.05, 0) is 31.5 Å². The number of nitrogens with zero attached hydrogens (tertiary/aromatic N) is 3. The lowest BCUT2D eigenvalue weighted by Gasteiger charge is -2.10. The highest BCUT2D eigenvalue weighted by molar-refractivity contribution is 5.52. The number of pyridine rings is 1. The fourth-order valence-electron chi connectivity index (χ4n) is 1.68. The van der Waals surface area contributed by atoms with E-state index in [2.05, 4.69) is 10.1 Å². The largest absolute Gasteiger partial charge is 0.382 e. The van der Waals surface area contributed by atoms with Gasteiger partial charge in [0.25, 0.3) is 5.56 Å². The minimum atomic E-state index is -0.108. The second-order valence-electron chi connectivity index (χ2n) is 4.33. The van der Waals surface area contributed by atoms with Crippen molar-refractivity contribution in [2.45, 2.75) is 26.0 Å². The summed E-state index contributed by atoms with van der Waals surface area (Å²) in [5.41, 5.74) is 1.35. The zero-order chi connectivity index (χ0) is 13.7. The summed E-state index contributed by atoms with van der Waals surface area (Å²) in [6.07, 6.45) is 2.56. The van der Waals surface area contributed by atoms with Gasteiger partial charge in [0.1, 0.15) is 5.69 Å². The Morgan fingerprint density at radius 1 is 1.26 bits per heavy atom. The van der Waals surface area contributed by atoms with Gasteiger partial charge in [0, 0.05) is 25.9 Å². The third kappa shape index (κ3) is 3.48. The summed E-state index contributed by atoms with van der Waals surface area (Å²) in [5, 5.41) is 4.33. The van der Waals surface area contributed by atoms with Gasteiger partial charge < -0.3 is 4.74 Å². The Bertz CT molecular complexity index is 581. The van der Waals surface area contributed by atoms with E-state index in [1.807, 2.05) is 25.1 Å². The smallest absolute Gasteiger partial charge is 0.266 e. The van der Waals surface area contributed by atoms with Crippen LogP contribution in [0.1, 0.15) is 13.3 Å². The van der Waals surface area contributed by atoms with Crippen molar-refractivity contribution < 1.29 is 4.74 Å². The van der Waals surface area contributed by atoms with E-state index in [-0.39, 0.29) is 11.7 Å². The average Bonchev–Trinajstić information content (AvgIpc) is 2.47. The number of aromatic nitrogens is 3. The molecule has 100 valence electrons. The highest BCUT2D eigenvalue weighted by Crippen LogP contribution is 2.10. The molecular formula is C14H17N3O2. The quantitative estimate of drug-likeness (QED) is 0.820. The van der Waals surface area contributed by atoms with Crippen LogP contribution < -0.4 is 5.56 Å². The van der Waals surface area contributed by atoms with Gasteiger partial charge in [-0.3, -0.25) is 9.78 Å².